The van der Waals surface area contributed by atoms with Gasteiger partial charge in [-0.2, -0.15) is 4.98 Å². The summed E-state index contributed by atoms with van der Waals surface area (Å²) in [5, 5.41) is 33.4. The van der Waals surface area contributed by atoms with Crippen molar-refractivity contribution in [2.24, 2.45) is 11.5 Å². The number of primary amides is 1. The summed E-state index contributed by atoms with van der Waals surface area (Å²) >= 11 is 0. The van der Waals surface area contributed by atoms with Crippen LogP contribution in [0.4, 0.5) is 4.79 Å². The minimum absolute atomic E-state index is 0.00391. The van der Waals surface area contributed by atoms with Crippen LogP contribution in [0.3, 0.4) is 0 Å². The molecule has 158 valence electrons. The molecule has 1 aromatic heterocycles. The zero-order chi connectivity index (χ0) is 22.3. The van der Waals surface area contributed by atoms with E-state index in [1.54, 1.807) is 0 Å². The van der Waals surface area contributed by atoms with Crippen molar-refractivity contribution in [3.63, 3.8) is 0 Å². The second kappa shape index (κ2) is 14.9. The highest BCUT2D eigenvalue weighted by molar-refractivity contribution is 5.83. The van der Waals surface area contributed by atoms with Crippen LogP contribution in [-0.2, 0) is 16.1 Å². The molecule has 0 radical (unpaired) electrons. The first-order valence-corrected chi connectivity index (χ1v) is 7.81. The third-order valence-electron chi connectivity index (χ3n) is 2.98. The number of aliphatic hydroxyl groups is 2. The molecule has 0 fully saturated rings. The molecule has 1 rings (SSSR count). The molecule has 0 aliphatic rings. The molecule has 0 bridgehead atoms. The highest BCUT2D eigenvalue weighted by Crippen LogP contribution is 2.16. The molecule has 13 nitrogen and oxygen atoms in total. The summed E-state index contributed by atoms with van der Waals surface area (Å²) in [6.07, 6.45) is 6.66. The highest BCUT2D eigenvalue weighted by Gasteiger charge is 2.27. The van der Waals surface area contributed by atoms with E-state index in [1.807, 2.05) is 0 Å². The summed E-state index contributed by atoms with van der Waals surface area (Å²) in [7, 11) is 1.00. The maximum atomic E-state index is 11.9. The van der Waals surface area contributed by atoms with Crippen LogP contribution in [0.25, 0.3) is 0 Å². The number of amides is 3. The summed E-state index contributed by atoms with van der Waals surface area (Å²) in [5.41, 5.74) is 10.4. The highest BCUT2D eigenvalue weighted by atomic mass is 16.5. The van der Waals surface area contributed by atoms with Crippen molar-refractivity contribution in [2.75, 3.05) is 7.11 Å². The number of rotatable bonds is 9. The molecular weight excluding hydrogens is 376 g/mol. The lowest BCUT2D eigenvalue weighted by molar-refractivity contribution is -0.141. The van der Waals surface area contributed by atoms with Gasteiger partial charge in [-0.15, -0.1) is 12.8 Å². The van der Waals surface area contributed by atoms with E-state index in [-0.39, 0.29) is 31.1 Å². The Morgan fingerprint density at radius 1 is 1.25 bits per heavy atom. The van der Waals surface area contributed by atoms with Gasteiger partial charge >= 0.3 is 12.0 Å². The van der Waals surface area contributed by atoms with Crippen molar-refractivity contribution < 1.29 is 34.2 Å². The van der Waals surface area contributed by atoms with Gasteiger partial charge in [0.15, 0.2) is 11.9 Å². The number of carboxylic acid groups (broad SMARTS) is 1. The quantitative estimate of drug-likeness (QED) is 0.221. The number of aromatic nitrogens is 2. The average molecular weight is 402 g/mol. The first kappa shape index (κ1) is 27.0. The lowest BCUT2D eigenvalue weighted by Crippen LogP contribution is -2.51. The smallest absolute Gasteiger partial charge is 0.328 e. The van der Waals surface area contributed by atoms with Crippen molar-refractivity contribution in [1.82, 2.24) is 20.8 Å². The Bertz CT molecular complexity index is 631. The van der Waals surface area contributed by atoms with E-state index < -0.39 is 36.1 Å². The fourth-order valence-electron chi connectivity index (χ4n) is 1.77. The zero-order valence-electron chi connectivity index (χ0n) is 15.5. The van der Waals surface area contributed by atoms with Crippen LogP contribution in [0.15, 0.2) is 4.52 Å². The number of nitrogens with one attached hydrogen (secondary N) is 2. The second-order valence-corrected chi connectivity index (χ2v) is 4.98. The van der Waals surface area contributed by atoms with Crippen molar-refractivity contribution in [3.05, 3.63) is 11.7 Å². The summed E-state index contributed by atoms with van der Waals surface area (Å²) < 4.78 is 4.95. The molecule has 1 aromatic rings. The van der Waals surface area contributed by atoms with Crippen molar-refractivity contribution in [3.8, 4) is 12.8 Å². The number of terminal acetylenes is 1. The second-order valence-electron chi connectivity index (χ2n) is 4.98. The van der Waals surface area contributed by atoms with Crippen LogP contribution in [0.5, 0.6) is 0 Å². The van der Waals surface area contributed by atoms with Gasteiger partial charge in [-0.05, 0) is 13.3 Å². The van der Waals surface area contributed by atoms with Gasteiger partial charge in [-0.3, -0.25) is 4.79 Å². The summed E-state index contributed by atoms with van der Waals surface area (Å²) in [6, 6.07) is -3.29. The van der Waals surface area contributed by atoms with Crippen LogP contribution in [-0.4, -0.2) is 62.6 Å². The molecule has 2 unspecified atom stereocenters. The zero-order valence-corrected chi connectivity index (χ0v) is 15.5. The molecule has 13 heteroatoms. The molecule has 0 saturated heterocycles. The lowest BCUT2D eigenvalue weighted by atomic mass is 10.1. The monoisotopic (exact) mass is 402 g/mol. The fraction of sp³-hybridized carbons (Fsp3) is 0.533. The number of urea groups is 1. The molecule has 3 amide bonds. The normalized spacial score (nSPS) is 12.7. The molecule has 0 aliphatic carbocycles. The van der Waals surface area contributed by atoms with Crippen molar-refractivity contribution in [2.45, 2.75) is 44.5 Å². The van der Waals surface area contributed by atoms with Gasteiger partial charge in [0, 0.05) is 13.5 Å². The molecule has 28 heavy (non-hydrogen) atoms. The summed E-state index contributed by atoms with van der Waals surface area (Å²) in [5.74, 6) is -1.82. The first-order chi connectivity index (χ1) is 13.2. The third kappa shape index (κ3) is 10.1. The van der Waals surface area contributed by atoms with E-state index in [2.05, 4.69) is 33.6 Å². The molecule has 0 aliphatic heterocycles. The van der Waals surface area contributed by atoms with Gasteiger partial charge in [0.2, 0.25) is 11.8 Å². The van der Waals surface area contributed by atoms with Gasteiger partial charge in [0.05, 0.1) is 12.6 Å². The number of aliphatic carboxylic acids is 1. The van der Waals surface area contributed by atoms with Crippen LogP contribution >= 0.6 is 0 Å². The van der Waals surface area contributed by atoms with E-state index in [4.69, 9.17) is 26.2 Å². The van der Waals surface area contributed by atoms with E-state index in [0.717, 1.165) is 7.11 Å². The molecule has 1 heterocycles. The Kier molecular flexibility index (Phi) is 14.4. The predicted molar refractivity (Wildman–Crippen MR) is 96.2 cm³/mol. The number of aliphatic hydroxyl groups excluding tert-OH is 2. The van der Waals surface area contributed by atoms with E-state index in [1.165, 1.54) is 6.92 Å². The Morgan fingerprint density at radius 2 is 1.82 bits per heavy atom. The van der Waals surface area contributed by atoms with E-state index in [0.29, 0.717) is 0 Å². The third-order valence-corrected chi connectivity index (χ3v) is 2.98. The lowest BCUT2D eigenvalue weighted by Gasteiger charge is -2.20. The van der Waals surface area contributed by atoms with Crippen molar-refractivity contribution >= 4 is 17.9 Å². The maximum absolute atomic E-state index is 11.9. The van der Waals surface area contributed by atoms with E-state index in [9.17, 15) is 19.5 Å². The summed E-state index contributed by atoms with van der Waals surface area (Å²) in [6.45, 7) is 1.23. The fourth-order valence-corrected chi connectivity index (χ4v) is 1.77. The van der Waals surface area contributed by atoms with Crippen molar-refractivity contribution in [1.29, 1.82) is 0 Å². The molecular formula is C15H26N6O7. The number of nitrogens with zero attached hydrogens (tertiary/aromatic N) is 2. The van der Waals surface area contributed by atoms with Gasteiger partial charge in [-0.1, -0.05) is 5.16 Å². The minimum Gasteiger partial charge on any atom is -0.480 e. The van der Waals surface area contributed by atoms with Crippen LogP contribution in [0.1, 0.15) is 37.5 Å². The van der Waals surface area contributed by atoms with Gasteiger partial charge in [0.25, 0.3) is 0 Å². The Morgan fingerprint density at radius 3 is 2.21 bits per heavy atom. The van der Waals surface area contributed by atoms with Gasteiger partial charge < -0.3 is 41.9 Å². The maximum Gasteiger partial charge on any atom is 0.328 e. The molecule has 3 atom stereocenters. The SMILES string of the molecule is C#C.CC(O)C(NC(=O)N[C@H](CCC(N)=O)c1nc(CN)no1)C(=O)O.CO. The van der Waals surface area contributed by atoms with Crippen LogP contribution in [0, 0.1) is 12.8 Å². The minimum atomic E-state index is -1.51. The Labute approximate surface area is 161 Å². The average Bonchev–Trinajstić information content (AvgIpc) is 3.15. The van der Waals surface area contributed by atoms with Gasteiger partial charge in [0.1, 0.15) is 6.04 Å². The molecule has 0 spiro atoms. The van der Waals surface area contributed by atoms with Gasteiger partial charge in [-0.25, -0.2) is 9.59 Å². The largest absolute Gasteiger partial charge is 0.480 e. The standard InChI is InChI=1S/C12H20N6O6.C2H2.CH4O/c1-5(19)9(11(21)22)17-12(23)15-6(2-3-7(14)20)10-16-8(4-13)18-24-10;2*1-2/h5-6,9,19H,2-4,13H2,1H3,(H2,14,20)(H,21,22)(H2,15,17,23);1-2H;2H,1H3/t5?,6-,9?;;/m1../s1. The number of hydrogen-bond donors (Lipinski definition) is 7. The van der Waals surface area contributed by atoms with Crippen LogP contribution in [0.2, 0.25) is 0 Å². The Balaban J connectivity index is 0. The number of carbonyl (C=O) groups is 3. The molecule has 9 N–H and O–H groups in total. The molecule has 0 saturated carbocycles. The number of carboxylic acids is 1. The first-order valence-electron chi connectivity index (χ1n) is 7.81. The Hall–Kier alpha value is -3.21. The predicted octanol–water partition coefficient (Wildman–Crippen LogP) is -2.17. The van der Waals surface area contributed by atoms with E-state index >= 15 is 0 Å². The number of carbonyl (C=O) groups excluding carboxylic acids is 2. The number of nitrogens with two attached hydrogens (primary N) is 2. The number of hydrogen-bond acceptors (Lipinski definition) is 9. The topological polar surface area (TPSA) is 227 Å². The molecule has 0 aromatic carbocycles. The summed E-state index contributed by atoms with van der Waals surface area (Å²) in [4.78, 5) is 37.8. The van der Waals surface area contributed by atoms with Crippen LogP contribution < -0.4 is 22.1 Å².